The van der Waals surface area contributed by atoms with Crippen molar-refractivity contribution in [3.8, 4) is 6.07 Å². The number of nitrogens with one attached hydrogen (secondary N) is 1. The Morgan fingerprint density at radius 2 is 2.00 bits per heavy atom. The first-order valence-electron chi connectivity index (χ1n) is 6.83. The second kappa shape index (κ2) is 6.87. The molecule has 0 saturated heterocycles. The van der Waals surface area contributed by atoms with E-state index in [1.807, 2.05) is 13.0 Å². The molecule has 0 aliphatic heterocycles. The lowest BCUT2D eigenvalue weighted by Crippen LogP contribution is -2.34. The van der Waals surface area contributed by atoms with Gasteiger partial charge in [0.2, 0.25) is 10.0 Å². The second-order valence-electron chi connectivity index (χ2n) is 5.36. The Labute approximate surface area is 121 Å². The third kappa shape index (κ3) is 4.32. The van der Waals surface area contributed by atoms with Crippen molar-refractivity contribution < 1.29 is 8.42 Å². The smallest absolute Gasteiger partial charge is 0.208 e. The van der Waals surface area contributed by atoms with E-state index in [2.05, 4.69) is 18.6 Å². The molecule has 4 nitrogen and oxygen atoms in total. The number of benzene rings is 1. The molecule has 0 heterocycles. The summed E-state index contributed by atoms with van der Waals surface area (Å²) in [6.45, 7) is 7.79. The van der Waals surface area contributed by atoms with E-state index in [0.29, 0.717) is 17.0 Å². The minimum Gasteiger partial charge on any atom is -0.208 e. The summed E-state index contributed by atoms with van der Waals surface area (Å²) < 4.78 is 27.5. The molecule has 1 aromatic carbocycles. The molecule has 2 atom stereocenters. The van der Waals surface area contributed by atoms with Crippen molar-refractivity contribution in [3.63, 3.8) is 0 Å². The maximum Gasteiger partial charge on any atom is 0.241 e. The quantitative estimate of drug-likeness (QED) is 0.877. The van der Waals surface area contributed by atoms with Crippen LogP contribution in [0.5, 0.6) is 0 Å². The molecule has 1 aromatic rings. The van der Waals surface area contributed by atoms with Crippen LogP contribution in [0.25, 0.3) is 0 Å². The van der Waals surface area contributed by atoms with Crippen LogP contribution in [0.3, 0.4) is 0 Å². The summed E-state index contributed by atoms with van der Waals surface area (Å²) >= 11 is 0. The fraction of sp³-hybridized carbons (Fsp3) is 0.533. The third-order valence-corrected chi connectivity index (χ3v) is 5.15. The van der Waals surface area contributed by atoms with E-state index in [-0.39, 0.29) is 10.9 Å². The van der Waals surface area contributed by atoms with Crippen LogP contribution in [-0.4, -0.2) is 14.5 Å². The molecule has 5 heteroatoms. The normalized spacial score (nSPS) is 14.6. The zero-order chi connectivity index (χ0) is 15.3. The van der Waals surface area contributed by atoms with Gasteiger partial charge in [-0.15, -0.1) is 0 Å². The highest BCUT2D eigenvalue weighted by atomic mass is 32.2. The molecule has 0 aliphatic carbocycles. The van der Waals surface area contributed by atoms with Crippen LogP contribution in [0.4, 0.5) is 0 Å². The molecule has 0 saturated carbocycles. The van der Waals surface area contributed by atoms with Crippen molar-refractivity contribution in [2.75, 3.05) is 0 Å². The highest BCUT2D eigenvalue weighted by Crippen LogP contribution is 2.18. The van der Waals surface area contributed by atoms with Crippen LogP contribution < -0.4 is 4.72 Å². The van der Waals surface area contributed by atoms with Gasteiger partial charge in [0.1, 0.15) is 0 Å². The molecule has 2 unspecified atom stereocenters. The monoisotopic (exact) mass is 294 g/mol. The van der Waals surface area contributed by atoms with Gasteiger partial charge in [-0.3, -0.25) is 0 Å². The summed E-state index contributed by atoms with van der Waals surface area (Å²) in [5.41, 5.74) is 0.998. The summed E-state index contributed by atoms with van der Waals surface area (Å²) in [5.74, 6) is 0.472. The average Bonchev–Trinajstić information content (AvgIpc) is 2.38. The summed E-state index contributed by atoms with van der Waals surface area (Å²) in [7, 11) is -3.58. The lowest BCUT2D eigenvalue weighted by atomic mass is 10.0. The Balaban J connectivity index is 2.97. The van der Waals surface area contributed by atoms with Crippen LogP contribution in [0.15, 0.2) is 23.1 Å². The van der Waals surface area contributed by atoms with E-state index in [0.717, 1.165) is 12.8 Å². The van der Waals surface area contributed by atoms with E-state index in [4.69, 9.17) is 5.26 Å². The van der Waals surface area contributed by atoms with E-state index >= 15 is 0 Å². The van der Waals surface area contributed by atoms with Crippen molar-refractivity contribution >= 4 is 10.0 Å². The molecule has 110 valence electrons. The first-order chi connectivity index (χ1) is 9.30. The van der Waals surface area contributed by atoms with Crippen LogP contribution in [0, 0.1) is 24.2 Å². The topological polar surface area (TPSA) is 70.0 Å². The first-order valence-corrected chi connectivity index (χ1v) is 8.31. The summed E-state index contributed by atoms with van der Waals surface area (Å²) in [4.78, 5) is 0.188. The molecular weight excluding hydrogens is 272 g/mol. The number of rotatable bonds is 6. The maximum atomic E-state index is 12.4. The van der Waals surface area contributed by atoms with Crippen molar-refractivity contribution in [3.05, 3.63) is 29.3 Å². The van der Waals surface area contributed by atoms with E-state index < -0.39 is 10.0 Å². The SMILES string of the molecule is CCC(C)CC(C)NS(=O)(=O)c1cc(C#N)ccc1C. The largest absolute Gasteiger partial charge is 0.241 e. The van der Waals surface area contributed by atoms with Gasteiger partial charge in [0, 0.05) is 6.04 Å². The highest BCUT2D eigenvalue weighted by molar-refractivity contribution is 7.89. The zero-order valence-corrected chi connectivity index (χ0v) is 13.3. The summed E-state index contributed by atoms with van der Waals surface area (Å²) in [6.07, 6.45) is 1.82. The van der Waals surface area contributed by atoms with Crippen LogP contribution >= 0.6 is 0 Å². The Morgan fingerprint density at radius 1 is 1.35 bits per heavy atom. The van der Waals surface area contributed by atoms with Crippen molar-refractivity contribution in [2.45, 2.75) is 51.5 Å². The van der Waals surface area contributed by atoms with Gasteiger partial charge in [0.05, 0.1) is 16.5 Å². The molecule has 0 radical (unpaired) electrons. The second-order valence-corrected chi connectivity index (χ2v) is 7.05. The van der Waals surface area contributed by atoms with Crippen LogP contribution in [-0.2, 0) is 10.0 Å². The van der Waals surface area contributed by atoms with Gasteiger partial charge in [-0.25, -0.2) is 13.1 Å². The van der Waals surface area contributed by atoms with Gasteiger partial charge in [-0.2, -0.15) is 5.26 Å². The van der Waals surface area contributed by atoms with Crippen molar-refractivity contribution in [1.29, 1.82) is 5.26 Å². The van der Waals surface area contributed by atoms with E-state index in [9.17, 15) is 8.42 Å². The van der Waals surface area contributed by atoms with Gasteiger partial charge in [0.15, 0.2) is 0 Å². The van der Waals surface area contributed by atoms with Gasteiger partial charge in [0.25, 0.3) is 0 Å². The van der Waals surface area contributed by atoms with Gasteiger partial charge in [-0.1, -0.05) is 26.3 Å². The van der Waals surface area contributed by atoms with Crippen LogP contribution in [0.1, 0.15) is 44.7 Å². The van der Waals surface area contributed by atoms with Crippen molar-refractivity contribution in [1.82, 2.24) is 4.72 Å². The molecule has 0 spiro atoms. The molecule has 20 heavy (non-hydrogen) atoms. The molecule has 0 amide bonds. The minimum absolute atomic E-state index is 0.125. The van der Waals surface area contributed by atoms with Gasteiger partial charge in [-0.05, 0) is 43.9 Å². The fourth-order valence-corrected chi connectivity index (χ4v) is 3.63. The maximum absolute atomic E-state index is 12.4. The third-order valence-electron chi connectivity index (χ3n) is 3.42. The molecule has 1 rings (SSSR count). The molecule has 1 N–H and O–H groups in total. The first kappa shape index (κ1) is 16.7. The van der Waals surface area contributed by atoms with Gasteiger partial charge < -0.3 is 0 Å². The predicted octanol–water partition coefficient (Wildman–Crippen LogP) is 2.97. The summed E-state index contributed by atoms with van der Waals surface area (Å²) in [5, 5.41) is 8.89. The standard InChI is InChI=1S/C15H22N2O2S/c1-5-11(2)8-13(4)17-20(18,19)15-9-14(10-16)7-6-12(15)3/h6-7,9,11,13,17H,5,8H2,1-4H3. The Hall–Kier alpha value is -1.38. The van der Waals surface area contributed by atoms with E-state index in [1.54, 1.807) is 19.1 Å². The van der Waals surface area contributed by atoms with Gasteiger partial charge >= 0.3 is 0 Å². The number of aryl methyl sites for hydroxylation is 1. The Morgan fingerprint density at radius 3 is 2.55 bits per heavy atom. The van der Waals surface area contributed by atoms with Crippen LogP contribution in [0.2, 0.25) is 0 Å². The minimum atomic E-state index is -3.58. The lowest BCUT2D eigenvalue weighted by Gasteiger charge is -2.18. The van der Waals surface area contributed by atoms with E-state index in [1.165, 1.54) is 6.07 Å². The lowest BCUT2D eigenvalue weighted by molar-refractivity contribution is 0.445. The van der Waals surface area contributed by atoms with Crippen molar-refractivity contribution in [2.24, 2.45) is 5.92 Å². The molecule has 0 fully saturated rings. The molecule has 0 aliphatic rings. The molecular formula is C15H22N2O2S. The number of hydrogen-bond acceptors (Lipinski definition) is 3. The summed E-state index contributed by atoms with van der Waals surface area (Å²) in [6, 6.07) is 6.55. The predicted molar refractivity (Wildman–Crippen MR) is 79.7 cm³/mol. The number of hydrogen-bond donors (Lipinski definition) is 1. The Bertz CT molecular complexity index is 603. The number of nitrogens with zero attached hydrogens (tertiary/aromatic N) is 1. The Kier molecular flexibility index (Phi) is 5.73. The molecule has 0 aromatic heterocycles. The zero-order valence-electron chi connectivity index (χ0n) is 12.5. The highest BCUT2D eigenvalue weighted by Gasteiger charge is 2.20. The molecule has 0 bridgehead atoms. The number of nitriles is 1. The average molecular weight is 294 g/mol. The fourth-order valence-electron chi connectivity index (χ4n) is 2.11. The number of sulfonamides is 1.